The van der Waals surface area contributed by atoms with Crippen LogP contribution in [0.4, 0.5) is 5.69 Å². The summed E-state index contributed by atoms with van der Waals surface area (Å²) in [6.07, 6.45) is 3.66. The summed E-state index contributed by atoms with van der Waals surface area (Å²) in [6, 6.07) is 6.50. The molecule has 6 nitrogen and oxygen atoms in total. The van der Waals surface area contributed by atoms with Crippen molar-refractivity contribution < 1.29 is 19.5 Å². The number of anilines is 1. The predicted octanol–water partition coefficient (Wildman–Crippen LogP) is 2.16. The summed E-state index contributed by atoms with van der Waals surface area (Å²) >= 11 is 0. The fourth-order valence-electron chi connectivity index (χ4n) is 2.42. The predicted molar refractivity (Wildman–Crippen MR) is 90.6 cm³/mol. The van der Waals surface area contributed by atoms with E-state index >= 15 is 0 Å². The number of carbonyl (C=O) groups excluding carboxylic acids is 2. The lowest BCUT2D eigenvalue weighted by Crippen LogP contribution is -2.31. The van der Waals surface area contributed by atoms with Crippen LogP contribution in [0.15, 0.2) is 49.6 Å². The zero-order valence-corrected chi connectivity index (χ0v) is 13.3. The Hall–Kier alpha value is -2.89. The molecule has 6 heteroatoms. The lowest BCUT2D eigenvalue weighted by atomic mass is 10.1. The fraction of sp³-hybridized carbons (Fsp3) is 0.278. The molecule has 1 aromatic rings. The minimum absolute atomic E-state index is 0.152. The van der Waals surface area contributed by atoms with Gasteiger partial charge >= 0.3 is 5.97 Å². The smallest absolute Gasteiger partial charge is 0.307 e. The van der Waals surface area contributed by atoms with Gasteiger partial charge in [0.05, 0.1) is 11.8 Å². The first-order valence-corrected chi connectivity index (χ1v) is 7.62. The van der Waals surface area contributed by atoms with E-state index in [-0.39, 0.29) is 11.8 Å². The quantitative estimate of drug-likeness (QED) is 0.716. The number of amides is 2. The van der Waals surface area contributed by atoms with Crippen LogP contribution in [0.1, 0.15) is 16.8 Å². The van der Waals surface area contributed by atoms with Crippen molar-refractivity contribution in [2.75, 3.05) is 18.4 Å². The number of aliphatic carboxylic acids is 1. The highest BCUT2D eigenvalue weighted by atomic mass is 16.4. The van der Waals surface area contributed by atoms with Gasteiger partial charge in [0.15, 0.2) is 0 Å². The van der Waals surface area contributed by atoms with E-state index in [0.29, 0.717) is 30.8 Å². The van der Waals surface area contributed by atoms with Gasteiger partial charge in [-0.1, -0.05) is 12.2 Å². The van der Waals surface area contributed by atoms with E-state index in [1.165, 1.54) is 0 Å². The largest absolute Gasteiger partial charge is 0.481 e. The van der Waals surface area contributed by atoms with Crippen LogP contribution in [-0.4, -0.2) is 40.9 Å². The summed E-state index contributed by atoms with van der Waals surface area (Å²) in [5, 5.41) is 11.5. The number of nitrogens with one attached hydrogen (secondary N) is 1. The first kappa shape index (κ1) is 17.5. The molecule has 1 fully saturated rings. The second kappa shape index (κ2) is 7.59. The van der Waals surface area contributed by atoms with Gasteiger partial charge in [0.2, 0.25) is 5.91 Å². The molecule has 0 saturated heterocycles. The Balaban J connectivity index is 1.98. The standard InChI is InChI=1S/C18H20N2O4/c1-3-9-20(10-4-2)17(22)12-5-7-13(8-6-12)19-16(21)14-11-15(14)18(23)24/h3-8,14-15H,1-2,9-11H2,(H,19,21)(H,23,24). The summed E-state index contributed by atoms with van der Waals surface area (Å²) in [5.74, 6) is -2.46. The van der Waals surface area contributed by atoms with Crippen LogP contribution < -0.4 is 5.32 Å². The van der Waals surface area contributed by atoms with Crippen molar-refractivity contribution in [1.29, 1.82) is 0 Å². The van der Waals surface area contributed by atoms with E-state index in [9.17, 15) is 14.4 Å². The Labute approximate surface area is 140 Å². The lowest BCUT2D eigenvalue weighted by Gasteiger charge is -2.19. The molecule has 0 aliphatic heterocycles. The van der Waals surface area contributed by atoms with Crippen LogP contribution in [0.2, 0.25) is 0 Å². The molecule has 1 aliphatic carbocycles. The van der Waals surface area contributed by atoms with Gasteiger partial charge in [-0.15, -0.1) is 13.2 Å². The highest BCUT2D eigenvalue weighted by molar-refractivity contribution is 5.99. The number of carbonyl (C=O) groups is 3. The van der Waals surface area contributed by atoms with E-state index in [2.05, 4.69) is 18.5 Å². The second-order valence-corrected chi connectivity index (χ2v) is 5.64. The van der Waals surface area contributed by atoms with Crippen LogP contribution in [0.3, 0.4) is 0 Å². The molecule has 0 radical (unpaired) electrons. The summed E-state index contributed by atoms with van der Waals surface area (Å²) in [5.41, 5.74) is 1.03. The Morgan fingerprint density at radius 2 is 1.71 bits per heavy atom. The van der Waals surface area contributed by atoms with Crippen molar-refractivity contribution in [2.24, 2.45) is 11.8 Å². The molecule has 2 rings (SSSR count). The lowest BCUT2D eigenvalue weighted by molar-refractivity contribution is -0.139. The molecule has 2 amide bonds. The van der Waals surface area contributed by atoms with Gasteiger partial charge in [-0.05, 0) is 30.7 Å². The average Bonchev–Trinajstić information content (AvgIpc) is 3.36. The van der Waals surface area contributed by atoms with E-state index in [1.54, 1.807) is 41.3 Å². The molecule has 126 valence electrons. The van der Waals surface area contributed by atoms with Crippen molar-refractivity contribution in [1.82, 2.24) is 4.90 Å². The molecule has 2 atom stereocenters. The van der Waals surface area contributed by atoms with Crippen molar-refractivity contribution in [3.05, 3.63) is 55.1 Å². The first-order valence-electron chi connectivity index (χ1n) is 7.62. The monoisotopic (exact) mass is 328 g/mol. The van der Waals surface area contributed by atoms with Gasteiger partial charge in [0, 0.05) is 24.3 Å². The number of hydrogen-bond acceptors (Lipinski definition) is 3. The van der Waals surface area contributed by atoms with Crippen LogP contribution in [0.5, 0.6) is 0 Å². The molecular formula is C18H20N2O4. The molecule has 2 unspecified atom stereocenters. The number of carboxylic acids is 1. The second-order valence-electron chi connectivity index (χ2n) is 5.64. The highest BCUT2D eigenvalue weighted by Crippen LogP contribution is 2.39. The minimum atomic E-state index is -0.944. The summed E-state index contributed by atoms with van der Waals surface area (Å²) in [6.45, 7) is 8.09. The topological polar surface area (TPSA) is 86.7 Å². The van der Waals surface area contributed by atoms with Crippen LogP contribution in [0.25, 0.3) is 0 Å². The van der Waals surface area contributed by atoms with Gasteiger partial charge in [-0.2, -0.15) is 0 Å². The molecule has 1 aliphatic rings. The van der Waals surface area contributed by atoms with E-state index in [4.69, 9.17) is 5.11 Å². The normalized spacial score (nSPS) is 18.3. The maximum Gasteiger partial charge on any atom is 0.307 e. The van der Waals surface area contributed by atoms with Crippen LogP contribution >= 0.6 is 0 Å². The average molecular weight is 328 g/mol. The van der Waals surface area contributed by atoms with E-state index < -0.39 is 17.8 Å². The van der Waals surface area contributed by atoms with E-state index in [0.717, 1.165) is 0 Å². The summed E-state index contributed by atoms with van der Waals surface area (Å²) in [7, 11) is 0. The summed E-state index contributed by atoms with van der Waals surface area (Å²) in [4.78, 5) is 36.7. The van der Waals surface area contributed by atoms with E-state index in [1.807, 2.05) is 0 Å². The third kappa shape index (κ3) is 4.10. The number of carboxylic acid groups (broad SMARTS) is 1. The highest BCUT2D eigenvalue weighted by Gasteiger charge is 2.48. The van der Waals surface area contributed by atoms with Gasteiger partial charge < -0.3 is 15.3 Å². The van der Waals surface area contributed by atoms with Gasteiger partial charge in [-0.25, -0.2) is 0 Å². The number of nitrogens with zero attached hydrogens (tertiary/aromatic N) is 1. The zero-order valence-electron chi connectivity index (χ0n) is 13.3. The summed E-state index contributed by atoms with van der Waals surface area (Å²) < 4.78 is 0. The molecule has 1 saturated carbocycles. The molecule has 2 N–H and O–H groups in total. The zero-order chi connectivity index (χ0) is 17.7. The van der Waals surface area contributed by atoms with Gasteiger partial charge in [0.1, 0.15) is 0 Å². The molecule has 0 bridgehead atoms. The third-order valence-corrected chi connectivity index (χ3v) is 3.83. The molecule has 1 aromatic carbocycles. The van der Waals surface area contributed by atoms with Crippen molar-refractivity contribution in [3.63, 3.8) is 0 Å². The maximum atomic E-state index is 12.4. The molecular weight excluding hydrogens is 308 g/mol. The Morgan fingerprint density at radius 1 is 1.12 bits per heavy atom. The van der Waals surface area contributed by atoms with Crippen molar-refractivity contribution in [2.45, 2.75) is 6.42 Å². The van der Waals surface area contributed by atoms with Gasteiger partial charge in [-0.3, -0.25) is 14.4 Å². The third-order valence-electron chi connectivity index (χ3n) is 3.83. The molecule has 0 aromatic heterocycles. The molecule has 0 heterocycles. The van der Waals surface area contributed by atoms with Gasteiger partial charge in [0.25, 0.3) is 5.91 Å². The molecule has 0 spiro atoms. The Bertz CT molecular complexity index is 656. The minimum Gasteiger partial charge on any atom is -0.481 e. The Kier molecular flexibility index (Phi) is 5.52. The van der Waals surface area contributed by atoms with Crippen molar-refractivity contribution >= 4 is 23.5 Å². The van der Waals surface area contributed by atoms with Crippen LogP contribution in [0, 0.1) is 11.8 Å². The molecule has 24 heavy (non-hydrogen) atoms. The maximum absolute atomic E-state index is 12.4. The number of rotatable bonds is 8. The fourth-order valence-corrected chi connectivity index (χ4v) is 2.42. The number of benzene rings is 1. The first-order chi connectivity index (χ1) is 11.5. The Morgan fingerprint density at radius 3 is 2.17 bits per heavy atom. The van der Waals surface area contributed by atoms with Crippen molar-refractivity contribution in [3.8, 4) is 0 Å². The number of hydrogen-bond donors (Lipinski definition) is 2. The van der Waals surface area contributed by atoms with Crippen LogP contribution in [-0.2, 0) is 9.59 Å². The SMILES string of the molecule is C=CCN(CC=C)C(=O)c1ccc(NC(=O)C2CC2C(=O)O)cc1.